The molecule has 2 aliphatic rings. The molecule has 8 heteroatoms. The van der Waals surface area contributed by atoms with Crippen LogP contribution in [0, 0.1) is 12.3 Å². The van der Waals surface area contributed by atoms with Crippen molar-refractivity contribution in [3.05, 3.63) is 53.0 Å². The van der Waals surface area contributed by atoms with Crippen molar-refractivity contribution in [3.8, 4) is 0 Å². The first-order valence-corrected chi connectivity index (χ1v) is 12.1. The van der Waals surface area contributed by atoms with Gasteiger partial charge in [0, 0.05) is 37.5 Å². The van der Waals surface area contributed by atoms with Gasteiger partial charge >= 0.3 is 0 Å². The molecule has 31 heavy (non-hydrogen) atoms. The van der Waals surface area contributed by atoms with Gasteiger partial charge in [0.05, 0.1) is 10.5 Å². The average molecular weight is 445 g/mol. The highest BCUT2D eigenvalue weighted by Crippen LogP contribution is 2.38. The van der Waals surface area contributed by atoms with E-state index in [9.17, 15) is 18.0 Å². The number of likely N-dealkylation sites (tertiary alicyclic amines) is 1. The fraction of sp³-hybridized carbons (Fsp3) is 0.478. The number of carbonyl (C=O) groups is 2. The molecular weight excluding hydrogens is 416 g/mol. The average Bonchev–Trinajstić information content (AvgIpc) is 3.03. The first-order chi connectivity index (χ1) is 14.6. The molecule has 1 aromatic carbocycles. The summed E-state index contributed by atoms with van der Waals surface area (Å²) in [6.07, 6.45) is 2.11. The van der Waals surface area contributed by atoms with E-state index in [-0.39, 0.29) is 33.8 Å². The molecule has 2 aromatic rings. The van der Waals surface area contributed by atoms with Crippen LogP contribution in [-0.2, 0) is 16.4 Å². The number of ketones is 1. The molecule has 0 unspecified atom stereocenters. The Bertz CT molecular complexity index is 1110. The van der Waals surface area contributed by atoms with Gasteiger partial charge in [-0.2, -0.15) is 0 Å². The Morgan fingerprint density at radius 1 is 1.13 bits per heavy atom. The molecular formula is C23H28N2O5S. The number of fused-ring (bicyclic) bond motifs is 1. The summed E-state index contributed by atoms with van der Waals surface area (Å²) in [6, 6.07) is 8.03. The largest absolute Gasteiger partial charge is 0.455 e. The quantitative estimate of drug-likeness (QED) is 0.780. The lowest BCUT2D eigenvalue weighted by molar-refractivity contribution is 0.0673. The molecule has 0 atom stereocenters. The highest BCUT2D eigenvalue weighted by atomic mass is 32.2. The molecule has 0 saturated carbocycles. The number of rotatable bonds is 4. The number of sulfonamides is 1. The maximum absolute atomic E-state index is 13.1. The van der Waals surface area contributed by atoms with Crippen LogP contribution in [0.2, 0.25) is 0 Å². The van der Waals surface area contributed by atoms with E-state index in [0.29, 0.717) is 55.7 Å². The van der Waals surface area contributed by atoms with E-state index in [1.54, 1.807) is 42.2 Å². The second-order valence-corrected chi connectivity index (χ2v) is 11.0. The summed E-state index contributed by atoms with van der Waals surface area (Å²) in [7, 11) is -3.59. The molecule has 4 rings (SSSR count). The van der Waals surface area contributed by atoms with Gasteiger partial charge in [0.15, 0.2) is 11.5 Å². The molecule has 0 spiro atoms. The van der Waals surface area contributed by atoms with Crippen molar-refractivity contribution in [1.82, 2.24) is 9.62 Å². The molecule has 7 nitrogen and oxygen atoms in total. The molecule has 2 heterocycles. The van der Waals surface area contributed by atoms with E-state index >= 15 is 0 Å². The molecule has 1 N–H and O–H groups in total. The van der Waals surface area contributed by atoms with Gasteiger partial charge in [0.25, 0.3) is 5.91 Å². The third-order valence-corrected chi connectivity index (χ3v) is 7.66. The fourth-order valence-corrected chi connectivity index (χ4v) is 5.84. The number of furan rings is 1. The smallest absolute Gasteiger partial charge is 0.289 e. The van der Waals surface area contributed by atoms with Crippen LogP contribution in [0.25, 0.3) is 0 Å². The number of Topliss-reactive ketones (excluding diaryl/α,β-unsaturated/α-hetero) is 1. The van der Waals surface area contributed by atoms with E-state index in [1.165, 1.54) is 0 Å². The van der Waals surface area contributed by atoms with Gasteiger partial charge in [0.1, 0.15) is 5.76 Å². The lowest BCUT2D eigenvalue weighted by Gasteiger charge is -2.31. The highest BCUT2D eigenvalue weighted by Gasteiger charge is 2.38. The van der Waals surface area contributed by atoms with Crippen LogP contribution in [0.5, 0.6) is 0 Å². The summed E-state index contributed by atoms with van der Waals surface area (Å²) in [5.74, 6) is 0.634. The fourth-order valence-electron chi connectivity index (χ4n) is 4.52. The van der Waals surface area contributed by atoms with Crippen LogP contribution >= 0.6 is 0 Å². The number of hydrogen-bond donors (Lipinski definition) is 1. The van der Waals surface area contributed by atoms with Crippen LogP contribution < -0.4 is 4.72 Å². The topological polar surface area (TPSA) is 96.7 Å². The molecule has 1 saturated heterocycles. The van der Waals surface area contributed by atoms with Crippen molar-refractivity contribution in [2.45, 2.75) is 57.4 Å². The van der Waals surface area contributed by atoms with Gasteiger partial charge in [-0.25, -0.2) is 13.1 Å². The Morgan fingerprint density at radius 2 is 1.77 bits per heavy atom. The van der Waals surface area contributed by atoms with E-state index in [0.717, 1.165) is 0 Å². The van der Waals surface area contributed by atoms with Crippen molar-refractivity contribution in [1.29, 1.82) is 0 Å². The van der Waals surface area contributed by atoms with Gasteiger partial charge in [-0.15, -0.1) is 0 Å². The lowest BCUT2D eigenvalue weighted by Crippen LogP contribution is -2.46. The van der Waals surface area contributed by atoms with Crippen LogP contribution in [0.3, 0.4) is 0 Å². The first-order valence-electron chi connectivity index (χ1n) is 10.6. The zero-order valence-electron chi connectivity index (χ0n) is 18.1. The Kier molecular flexibility index (Phi) is 5.55. The Hall–Kier alpha value is -2.45. The lowest BCUT2D eigenvalue weighted by atomic mass is 9.76. The first kappa shape index (κ1) is 21.8. The molecule has 1 amide bonds. The molecule has 1 aliphatic heterocycles. The predicted octanol–water partition coefficient (Wildman–Crippen LogP) is 3.33. The summed E-state index contributed by atoms with van der Waals surface area (Å²) < 4.78 is 33.7. The molecule has 1 aliphatic carbocycles. The highest BCUT2D eigenvalue weighted by molar-refractivity contribution is 7.89. The zero-order chi connectivity index (χ0) is 22.4. The van der Waals surface area contributed by atoms with Crippen LogP contribution in [-0.4, -0.2) is 44.1 Å². The number of carbonyl (C=O) groups excluding carboxylic acids is 2. The van der Waals surface area contributed by atoms with E-state index in [1.807, 2.05) is 13.8 Å². The minimum absolute atomic E-state index is 0.0283. The summed E-state index contributed by atoms with van der Waals surface area (Å²) in [4.78, 5) is 27.6. The van der Waals surface area contributed by atoms with Crippen molar-refractivity contribution >= 4 is 21.7 Å². The van der Waals surface area contributed by atoms with E-state index < -0.39 is 10.0 Å². The predicted molar refractivity (Wildman–Crippen MR) is 116 cm³/mol. The van der Waals surface area contributed by atoms with Crippen LogP contribution in [0.15, 0.2) is 39.6 Å². The van der Waals surface area contributed by atoms with Gasteiger partial charge in [-0.3, -0.25) is 9.59 Å². The number of benzene rings is 1. The number of hydrogen-bond acceptors (Lipinski definition) is 5. The summed E-state index contributed by atoms with van der Waals surface area (Å²) in [5, 5.41) is 0. The van der Waals surface area contributed by atoms with Gasteiger partial charge in [0.2, 0.25) is 10.0 Å². The molecule has 1 fully saturated rings. The number of nitrogens with one attached hydrogen (secondary N) is 1. The summed E-state index contributed by atoms with van der Waals surface area (Å²) in [6.45, 7) is 6.66. The zero-order valence-corrected chi connectivity index (χ0v) is 18.9. The number of amides is 1. The van der Waals surface area contributed by atoms with Gasteiger partial charge in [-0.1, -0.05) is 32.0 Å². The van der Waals surface area contributed by atoms with Crippen LogP contribution in [0.4, 0.5) is 0 Å². The number of piperidine rings is 1. The standard InChI is InChI=1S/C23H28N2O5S/c1-15-20-18(26)13-23(2,3)14-19(20)30-21(15)22(27)25-11-9-16(10-12-25)24-31(28,29)17-7-5-4-6-8-17/h4-8,16,24H,9-14H2,1-3H3. The second kappa shape index (κ2) is 7.91. The SMILES string of the molecule is Cc1c(C(=O)N2CCC(NS(=O)(=O)c3ccccc3)CC2)oc2c1C(=O)CC(C)(C)C2. The molecule has 1 aromatic heterocycles. The van der Waals surface area contributed by atoms with Crippen LogP contribution in [0.1, 0.15) is 65.3 Å². The second-order valence-electron chi connectivity index (χ2n) is 9.30. The Balaban J connectivity index is 1.43. The van der Waals surface area contributed by atoms with Crippen molar-refractivity contribution in [2.75, 3.05) is 13.1 Å². The van der Waals surface area contributed by atoms with Gasteiger partial charge in [-0.05, 0) is 37.3 Å². The maximum Gasteiger partial charge on any atom is 0.289 e. The van der Waals surface area contributed by atoms with Crippen molar-refractivity contribution < 1.29 is 22.4 Å². The Labute approximate surface area is 182 Å². The normalized spacial score (nSPS) is 19.3. The molecule has 0 radical (unpaired) electrons. The summed E-state index contributed by atoms with van der Waals surface area (Å²) >= 11 is 0. The minimum Gasteiger partial charge on any atom is -0.455 e. The van der Waals surface area contributed by atoms with Gasteiger partial charge < -0.3 is 9.32 Å². The van der Waals surface area contributed by atoms with E-state index in [4.69, 9.17) is 4.42 Å². The van der Waals surface area contributed by atoms with Crippen molar-refractivity contribution in [3.63, 3.8) is 0 Å². The number of nitrogens with zero attached hydrogens (tertiary/aromatic N) is 1. The molecule has 0 bridgehead atoms. The Morgan fingerprint density at radius 3 is 2.42 bits per heavy atom. The van der Waals surface area contributed by atoms with E-state index in [2.05, 4.69) is 4.72 Å². The minimum atomic E-state index is -3.59. The summed E-state index contributed by atoms with van der Waals surface area (Å²) in [5.41, 5.74) is 1.00. The van der Waals surface area contributed by atoms with Crippen molar-refractivity contribution in [2.24, 2.45) is 5.41 Å². The molecule has 166 valence electrons. The third-order valence-electron chi connectivity index (χ3n) is 6.13. The third kappa shape index (κ3) is 4.32. The monoisotopic (exact) mass is 444 g/mol. The maximum atomic E-state index is 13.1.